The van der Waals surface area contributed by atoms with Gasteiger partial charge in [-0.2, -0.15) is 0 Å². The summed E-state index contributed by atoms with van der Waals surface area (Å²) in [4.78, 5) is 43.4. The van der Waals surface area contributed by atoms with E-state index in [4.69, 9.17) is 16.9 Å². The maximum atomic E-state index is 12.8. The number of benzene rings is 1. The molecule has 0 saturated carbocycles. The molecule has 2 aliphatic heterocycles. The summed E-state index contributed by atoms with van der Waals surface area (Å²) < 4.78 is 0. The van der Waals surface area contributed by atoms with Crippen molar-refractivity contribution >= 4 is 29.6 Å². The van der Waals surface area contributed by atoms with E-state index in [2.05, 4.69) is 22.0 Å². The maximum Gasteiger partial charge on any atom is 0.291 e. The average Bonchev–Trinajstić information content (AvgIpc) is 2.74. The number of hydrogen-bond acceptors (Lipinski definition) is 6. The van der Waals surface area contributed by atoms with E-state index in [0.29, 0.717) is 13.1 Å². The molecular weight excluding hydrogens is 372 g/mol. The highest BCUT2D eigenvalue weighted by molar-refractivity contribution is 6.43. The van der Waals surface area contributed by atoms with Gasteiger partial charge >= 0.3 is 0 Å². The first kappa shape index (κ1) is 20.2. The Morgan fingerprint density at radius 3 is 2.31 bits per heavy atom. The van der Waals surface area contributed by atoms with Gasteiger partial charge in [-0.1, -0.05) is 30.3 Å². The molecule has 0 atom stereocenters. The number of rotatable bonds is 5. The molecule has 0 aromatic heterocycles. The number of nitrogens with zero attached hydrogens (tertiary/aromatic N) is 3. The number of nitrogens with two attached hydrogens (primary N) is 2. The van der Waals surface area contributed by atoms with E-state index < -0.39 is 17.4 Å². The molecule has 1 aromatic rings. The average molecular weight is 394 g/mol. The van der Waals surface area contributed by atoms with Gasteiger partial charge in [0.05, 0.1) is 11.3 Å². The summed E-state index contributed by atoms with van der Waals surface area (Å²) in [5.41, 5.74) is 11.5. The molecule has 9 nitrogen and oxygen atoms in total. The van der Waals surface area contributed by atoms with Gasteiger partial charge in [-0.25, -0.2) is 4.99 Å². The molecule has 0 aliphatic carbocycles. The molecule has 0 unspecified atom stereocenters. The third kappa shape index (κ3) is 4.64. The quantitative estimate of drug-likeness (QED) is 0.459. The predicted octanol–water partition coefficient (Wildman–Crippen LogP) is -0.414. The lowest BCUT2D eigenvalue weighted by Gasteiger charge is -2.35. The number of ketones is 1. The van der Waals surface area contributed by atoms with E-state index in [-0.39, 0.29) is 22.9 Å². The number of Topliss-reactive ketones (excluding diaryl/α,β-unsaturated/α-hetero) is 1. The Hall–Kier alpha value is -3.59. The summed E-state index contributed by atoms with van der Waals surface area (Å²) in [6.45, 7) is 3.37. The summed E-state index contributed by atoms with van der Waals surface area (Å²) in [5, 5.41) is 7.80. The van der Waals surface area contributed by atoms with Crippen LogP contribution in [0, 0.1) is 5.41 Å². The fraction of sp³-hybridized carbons (Fsp3) is 0.250. The molecule has 5 N–H and O–H groups in total. The second-order valence-electron chi connectivity index (χ2n) is 6.78. The number of aliphatic imine (C=N–C) groups is 1. The van der Waals surface area contributed by atoms with Gasteiger partial charge in [0, 0.05) is 44.5 Å². The van der Waals surface area contributed by atoms with E-state index >= 15 is 0 Å². The molecule has 3 rings (SSSR count). The Balaban J connectivity index is 1.67. The maximum absolute atomic E-state index is 12.8. The largest absolute Gasteiger partial charge is 0.395 e. The van der Waals surface area contributed by atoms with E-state index in [0.717, 1.165) is 19.6 Å². The monoisotopic (exact) mass is 394 g/mol. The zero-order chi connectivity index (χ0) is 21.0. The van der Waals surface area contributed by atoms with Crippen molar-refractivity contribution in [2.75, 3.05) is 26.2 Å². The highest BCUT2D eigenvalue weighted by Crippen LogP contribution is 2.16. The zero-order valence-electron chi connectivity index (χ0n) is 15.8. The van der Waals surface area contributed by atoms with Crippen molar-refractivity contribution in [3.63, 3.8) is 0 Å². The fourth-order valence-electron chi connectivity index (χ4n) is 3.18. The van der Waals surface area contributed by atoms with Gasteiger partial charge in [0.25, 0.3) is 17.6 Å². The van der Waals surface area contributed by atoms with E-state index in [9.17, 15) is 14.4 Å². The van der Waals surface area contributed by atoms with E-state index in [1.54, 1.807) is 4.90 Å². The summed E-state index contributed by atoms with van der Waals surface area (Å²) in [6.07, 6.45) is 2.58. The van der Waals surface area contributed by atoms with Crippen LogP contribution >= 0.6 is 0 Å². The number of primary amides is 1. The highest BCUT2D eigenvalue weighted by Gasteiger charge is 2.27. The number of carbonyl (C=O) groups excluding carboxylic acids is 3. The molecule has 0 spiro atoms. The van der Waals surface area contributed by atoms with Crippen LogP contribution in [-0.4, -0.2) is 65.6 Å². The van der Waals surface area contributed by atoms with Crippen LogP contribution in [0.15, 0.2) is 58.2 Å². The summed E-state index contributed by atoms with van der Waals surface area (Å²) in [5.74, 6) is -2.91. The predicted molar refractivity (Wildman–Crippen MR) is 108 cm³/mol. The third-order valence-corrected chi connectivity index (χ3v) is 4.80. The minimum atomic E-state index is -1.23. The topological polar surface area (TPSA) is 146 Å². The Morgan fingerprint density at radius 2 is 1.69 bits per heavy atom. The summed E-state index contributed by atoms with van der Waals surface area (Å²) >= 11 is 0. The zero-order valence-corrected chi connectivity index (χ0v) is 15.8. The van der Waals surface area contributed by atoms with E-state index in [1.807, 2.05) is 18.2 Å². The number of carbonyl (C=O) groups is 3. The molecule has 1 fully saturated rings. The molecule has 2 aliphatic rings. The summed E-state index contributed by atoms with van der Waals surface area (Å²) in [6, 6.07) is 10.1. The number of nitrogens with one attached hydrogen (secondary N) is 1. The number of piperazine rings is 1. The van der Waals surface area contributed by atoms with Gasteiger partial charge in [0.2, 0.25) is 0 Å². The van der Waals surface area contributed by atoms with Gasteiger partial charge in [0.1, 0.15) is 0 Å². The van der Waals surface area contributed by atoms with Crippen molar-refractivity contribution in [2.24, 2.45) is 16.5 Å². The molecule has 2 amide bonds. The first-order valence-electron chi connectivity index (χ1n) is 9.11. The van der Waals surface area contributed by atoms with Crippen molar-refractivity contribution in [2.45, 2.75) is 6.54 Å². The van der Waals surface area contributed by atoms with Gasteiger partial charge in [-0.3, -0.25) is 24.7 Å². The smallest absolute Gasteiger partial charge is 0.291 e. The number of amidine groups is 1. The molecule has 2 heterocycles. The van der Waals surface area contributed by atoms with Crippen LogP contribution in [0.3, 0.4) is 0 Å². The van der Waals surface area contributed by atoms with Crippen LogP contribution in [0.25, 0.3) is 0 Å². The standard InChI is InChI=1S/C20H22N6O3/c21-16(17(27)19(23)28)15-10-14(11-24-18(15)22)20(29)26-8-6-25(7-9-26)12-13-4-2-1-3-5-13/h1-5,10-11,22H,6-9,12,21H2,(H2,23,28)/b16-15-,22-18?. The first-order valence-corrected chi connectivity index (χ1v) is 9.11. The molecular formula is C20H22N6O3. The molecule has 0 bridgehead atoms. The normalized spacial score (nSPS) is 19.0. The van der Waals surface area contributed by atoms with Crippen molar-refractivity contribution in [1.29, 1.82) is 5.41 Å². The van der Waals surface area contributed by atoms with Crippen molar-refractivity contribution in [3.8, 4) is 0 Å². The molecule has 150 valence electrons. The SMILES string of the molecule is N=C1N=CC(C(=O)N2CCN(Cc3ccccc3)CC2)=C/C1=C(/N)C(=O)C(N)=O. The summed E-state index contributed by atoms with van der Waals surface area (Å²) in [7, 11) is 0. The van der Waals surface area contributed by atoms with Gasteiger partial charge < -0.3 is 16.4 Å². The molecule has 0 radical (unpaired) electrons. The first-order chi connectivity index (χ1) is 13.9. The third-order valence-electron chi connectivity index (χ3n) is 4.80. The lowest BCUT2D eigenvalue weighted by atomic mass is 10.0. The van der Waals surface area contributed by atoms with Crippen LogP contribution in [-0.2, 0) is 20.9 Å². The minimum Gasteiger partial charge on any atom is -0.395 e. The van der Waals surface area contributed by atoms with Gasteiger partial charge in [0.15, 0.2) is 5.84 Å². The van der Waals surface area contributed by atoms with Crippen LogP contribution in [0.4, 0.5) is 0 Å². The molecule has 1 saturated heterocycles. The Labute approximate surface area is 167 Å². The highest BCUT2D eigenvalue weighted by atomic mass is 16.2. The lowest BCUT2D eigenvalue weighted by molar-refractivity contribution is -0.133. The molecule has 9 heteroatoms. The Kier molecular flexibility index (Phi) is 5.99. The van der Waals surface area contributed by atoms with Crippen LogP contribution in [0.2, 0.25) is 0 Å². The number of hydrogen-bond donors (Lipinski definition) is 3. The molecule has 1 aromatic carbocycles. The minimum absolute atomic E-state index is 0.0811. The van der Waals surface area contributed by atoms with Gasteiger partial charge in [-0.05, 0) is 11.6 Å². The van der Waals surface area contributed by atoms with Crippen LogP contribution in [0.1, 0.15) is 5.56 Å². The van der Waals surface area contributed by atoms with Crippen molar-refractivity contribution in [1.82, 2.24) is 9.80 Å². The number of amides is 2. The van der Waals surface area contributed by atoms with Crippen LogP contribution < -0.4 is 11.5 Å². The number of dihydropyridines is 1. The Bertz CT molecular complexity index is 940. The van der Waals surface area contributed by atoms with E-state index in [1.165, 1.54) is 17.9 Å². The second kappa shape index (κ2) is 8.61. The fourth-order valence-corrected chi connectivity index (χ4v) is 3.18. The Morgan fingerprint density at radius 1 is 1.03 bits per heavy atom. The van der Waals surface area contributed by atoms with Gasteiger partial charge in [-0.15, -0.1) is 0 Å². The molecule has 29 heavy (non-hydrogen) atoms. The second-order valence-corrected chi connectivity index (χ2v) is 6.78. The van der Waals surface area contributed by atoms with Crippen molar-refractivity contribution < 1.29 is 14.4 Å². The lowest BCUT2D eigenvalue weighted by Crippen LogP contribution is -2.49. The van der Waals surface area contributed by atoms with Crippen LogP contribution in [0.5, 0.6) is 0 Å². The van der Waals surface area contributed by atoms with Crippen molar-refractivity contribution in [3.05, 3.63) is 58.8 Å².